The first-order valence-corrected chi connectivity index (χ1v) is 8.25. The van der Waals surface area contributed by atoms with Crippen molar-refractivity contribution in [3.63, 3.8) is 0 Å². The molecule has 6 nitrogen and oxygen atoms in total. The van der Waals surface area contributed by atoms with E-state index in [2.05, 4.69) is 27.8 Å². The molecule has 3 aromatic rings. The third-order valence-electron chi connectivity index (χ3n) is 4.13. The maximum atomic E-state index is 10.9. The number of hydrogen-bond donors (Lipinski definition) is 2. The normalized spacial score (nSPS) is 11.0. The molecule has 0 aliphatic heterocycles. The minimum atomic E-state index is -0.947. The number of carboxylic acids is 1. The van der Waals surface area contributed by atoms with E-state index in [1.54, 1.807) is 18.3 Å². The average Bonchev–Trinajstić information content (AvgIpc) is 2.90. The summed E-state index contributed by atoms with van der Waals surface area (Å²) in [7, 11) is 0. The van der Waals surface area contributed by atoms with Crippen LogP contribution >= 0.6 is 0 Å². The zero-order chi connectivity index (χ0) is 18.5. The minimum absolute atomic E-state index is 0.244. The van der Waals surface area contributed by atoms with Gasteiger partial charge in [0.15, 0.2) is 0 Å². The van der Waals surface area contributed by atoms with Gasteiger partial charge in [0.05, 0.1) is 29.7 Å². The van der Waals surface area contributed by atoms with Gasteiger partial charge in [-0.2, -0.15) is 10.2 Å². The molecule has 0 saturated heterocycles. The molecule has 26 heavy (non-hydrogen) atoms. The largest absolute Gasteiger partial charge is 0.478 e. The van der Waals surface area contributed by atoms with Crippen molar-refractivity contribution in [2.75, 3.05) is 5.43 Å². The van der Waals surface area contributed by atoms with Gasteiger partial charge in [0.25, 0.3) is 0 Å². The number of hydrazone groups is 1. The number of rotatable bonds is 6. The van der Waals surface area contributed by atoms with Crippen LogP contribution in [0.3, 0.4) is 0 Å². The van der Waals surface area contributed by atoms with Crippen LogP contribution in [0.5, 0.6) is 0 Å². The number of aromatic nitrogens is 2. The lowest BCUT2D eigenvalue weighted by atomic mass is 10.2. The molecule has 132 valence electrons. The summed E-state index contributed by atoms with van der Waals surface area (Å²) in [5, 5.41) is 17.8. The van der Waals surface area contributed by atoms with Crippen LogP contribution in [0, 0.1) is 13.8 Å². The van der Waals surface area contributed by atoms with E-state index in [4.69, 9.17) is 5.11 Å². The number of benzene rings is 2. The molecule has 2 N–H and O–H groups in total. The molecule has 0 unspecified atom stereocenters. The van der Waals surface area contributed by atoms with E-state index in [0.717, 1.165) is 22.6 Å². The molecule has 0 amide bonds. The standard InChI is InChI=1S/C20H20N4O2/c1-14-19(12-21-22-18-10-8-17(9-11-18)20(25)26)15(2)24(23-14)13-16-6-4-3-5-7-16/h3-12,22H,13H2,1-2H3,(H,25,26)/b21-12-. The van der Waals surface area contributed by atoms with E-state index in [9.17, 15) is 4.79 Å². The van der Waals surface area contributed by atoms with Gasteiger partial charge < -0.3 is 5.11 Å². The Labute approximate surface area is 151 Å². The van der Waals surface area contributed by atoms with E-state index < -0.39 is 5.97 Å². The Morgan fingerprint density at radius 1 is 1.15 bits per heavy atom. The van der Waals surface area contributed by atoms with Gasteiger partial charge in [-0.3, -0.25) is 10.1 Å². The minimum Gasteiger partial charge on any atom is -0.478 e. The molecule has 0 fully saturated rings. The summed E-state index contributed by atoms with van der Waals surface area (Å²) in [4.78, 5) is 10.9. The number of anilines is 1. The SMILES string of the molecule is Cc1nn(Cc2ccccc2)c(C)c1/C=N\Nc1ccc(C(=O)O)cc1. The van der Waals surface area contributed by atoms with E-state index >= 15 is 0 Å². The van der Waals surface area contributed by atoms with Crippen molar-refractivity contribution in [3.8, 4) is 0 Å². The van der Waals surface area contributed by atoms with E-state index in [1.165, 1.54) is 17.7 Å². The third kappa shape index (κ3) is 3.97. The molecule has 3 rings (SSSR count). The molecular formula is C20H20N4O2. The fourth-order valence-corrected chi connectivity index (χ4v) is 2.67. The van der Waals surface area contributed by atoms with Crippen LogP contribution in [-0.4, -0.2) is 27.1 Å². The predicted octanol–water partition coefficient (Wildman–Crippen LogP) is 3.69. The van der Waals surface area contributed by atoms with Gasteiger partial charge in [0.1, 0.15) is 0 Å². The molecule has 0 spiro atoms. The summed E-state index contributed by atoms with van der Waals surface area (Å²) in [6, 6.07) is 16.6. The second kappa shape index (κ2) is 7.65. The van der Waals surface area contributed by atoms with Crippen molar-refractivity contribution < 1.29 is 9.90 Å². The fourth-order valence-electron chi connectivity index (χ4n) is 2.67. The Bertz CT molecular complexity index is 928. The number of aryl methyl sites for hydroxylation is 1. The molecule has 2 aromatic carbocycles. The van der Waals surface area contributed by atoms with Gasteiger partial charge in [-0.05, 0) is 43.7 Å². The highest BCUT2D eigenvalue weighted by Crippen LogP contribution is 2.14. The molecule has 0 aliphatic rings. The molecule has 1 aromatic heterocycles. The summed E-state index contributed by atoms with van der Waals surface area (Å²) in [5.41, 5.74) is 7.99. The van der Waals surface area contributed by atoms with Crippen LogP contribution < -0.4 is 5.43 Å². The van der Waals surface area contributed by atoms with Crippen molar-refractivity contribution in [1.29, 1.82) is 0 Å². The van der Waals surface area contributed by atoms with Crippen LogP contribution in [0.4, 0.5) is 5.69 Å². The second-order valence-corrected chi connectivity index (χ2v) is 5.98. The Kier molecular flexibility index (Phi) is 5.12. The topological polar surface area (TPSA) is 79.5 Å². The molecule has 0 saturated carbocycles. The Hall–Kier alpha value is -3.41. The first-order chi connectivity index (χ1) is 12.5. The van der Waals surface area contributed by atoms with Crippen molar-refractivity contribution in [3.05, 3.63) is 82.7 Å². The summed E-state index contributed by atoms with van der Waals surface area (Å²) in [6.45, 7) is 4.69. The number of carboxylic acid groups (broad SMARTS) is 1. The van der Waals surface area contributed by atoms with Crippen LogP contribution in [0.15, 0.2) is 59.7 Å². The number of nitrogens with zero attached hydrogens (tertiary/aromatic N) is 3. The van der Waals surface area contributed by atoms with Crippen LogP contribution in [0.2, 0.25) is 0 Å². The Balaban J connectivity index is 1.71. The first kappa shape index (κ1) is 17.4. The van der Waals surface area contributed by atoms with Gasteiger partial charge in [-0.25, -0.2) is 4.79 Å². The highest BCUT2D eigenvalue weighted by Gasteiger charge is 2.10. The van der Waals surface area contributed by atoms with E-state index in [0.29, 0.717) is 6.54 Å². The third-order valence-corrected chi connectivity index (χ3v) is 4.13. The summed E-state index contributed by atoms with van der Waals surface area (Å²) in [5.74, 6) is -0.947. The highest BCUT2D eigenvalue weighted by molar-refractivity contribution is 5.88. The Morgan fingerprint density at radius 3 is 2.50 bits per heavy atom. The predicted molar refractivity (Wildman–Crippen MR) is 102 cm³/mol. The lowest BCUT2D eigenvalue weighted by molar-refractivity contribution is 0.0697. The van der Waals surface area contributed by atoms with Crippen LogP contribution in [0.1, 0.15) is 32.9 Å². The van der Waals surface area contributed by atoms with Gasteiger partial charge in [-0.15, -0.1) is 0 Å². The first-order valence-electron chi connectivity index (χ1n) is 8.25. The second-order valence-electron chi connectivity index (χ2n) is 5.98. The summed E-state index contributed by atoms with van der Waals surface area (Å²) < 4.78 is 1.97. The van der Waals surface area contributed by atoms with Gasteiger partial charge >= 0.3 is 5.97 Å². The fraction of sp³-hybridized carbons (Fsp3) is 0.150. The molecule has 0 atom stereocenters. The maximum absolute atomic E-state index is 10.9. The van der Waals surface area contributed by atoms with Crippen molar-refractivity contribution in [2.24, 2.45) is 5.10 Å². The van der Waals surface area contributed by atoms with Crippen LogP contribution in [0.25, 0.3) is 0 Å². The molecule has 0 aliphatic carbocycles. The number of hydrogen-bond acceptors (Lipinski definition) is 4. The quantitative estimate of drug-likeness (QED) is 0.526. The Morgan fingerprint density at radius 2 is 1.85 bits per heavy atom. The lowest BCUT2D eigenvalue weighted by Gasteiger charge is -2.04. The van der Waals surface area contributed by atoms with Crippen LogP contribution in [-0.2, 0) is 6.54 Å². The van der Waals surface area contributed by atoms with Crippen molar-refractivity contribution >= 4 is 17.9 Å². The van der Waals surface area contributed by atoms with E-state index in [1.807, 2.05) is 36.7 Å². The monoisotopic (exact) mass is 348 g/mol. The summed E-state index contributed by atoms with van der Waals surface area (Å²) >= 11 is 0. The highest BCUT2D eigenvalue weighted by atomic mass is 16.4. The molecule has 0 radical (unpaired) electrons. The molecule has 1 heterocycles. The number of aromatic carboxylic acids is 1. The average molecular weight is 348 g/mol. The summed E-state index contributed by atoms with van der Waals surface area (Å²) in [6.07, 6.45) is 1.74. The number of nitrogens with one attached hydrogen (secondary N) is 1. The smallest absolute Gasteiger partial charge is 0.335 e. The van der Waals surface area contributed by atoms with Gasteiger partial charge in [-0.1, -0.05) is 30.3 Å². The van der Waals surface area contributed by atoms with Crippen molar-refractivity contribution in [2.45, 2.75) is 20.4 Å². The molecule has 6 heteroatoms. The van der Waals surface area contributed by atoms with E-state index in [-0.39, 0.29) is 5.56 Å². The zero-order valence-corrected chi connectivity index (χ0v) is 14.7. The van der Waals surface area contributed by atoms with Gasteiger partial charge in [0, 0.05) is 11.3 Å². The maximum Gasteiger partial charge on any atom is 0.335 e. The molecular weight excluding hydrogens is 328 g/mol. The van der Waals surface area contributed by atoms with Crippen molar-refractivity contribution in [1.82, 2.24) is 9.78 Å². The lowest BCUT2D eigenvalue weighted by Crippen LogP contribution is -2.04. The number of carbonyl (C=O) groups is 1. The molecule has 0 bridgehead atoms. The zero-order valence-electron chi connectivity index (χ0n) is 14.7. The van der Waals surface area contributed by atoms with Gasteiger partial charge in [0.2, 0.25) is 0 Å².